The number of rotatable bonds is 19. The maximum absolute atomic E-state index is 14.7. The smallest absolute Gasteiger partial charge is 0.330 e. The maximum atomic E-state index is 14.7. The van der Waals surface area contributed by atoms with Gasteiger partial charge in [0.1, 0.15) is 17.6 Å². The largest absolute Gasteiger partial charge is 0.479 e. The Balaban J connectivity index is 1.33. The number of carbonyl (C=O) groups excluding carboxylic acids is 6. The molecule has 5 amide bonds. The van der Waals surface area contributed by atoms with Crippen molar-refractivity contribution in [3.05, 3.63) is 112 Å². The molecule has 1 saturated carbocycles. The average molecular weight is 827 g/mol. The lowest BCUT2D eigenvalue weighted by Crippen LogP contribution is -2.58. The first kappa shape index (κ1) is 44.6. The number of benzene rings is 3. The Kier molecular flexibility index (Phi) is 16.0. The van der Waals surface area contributed by atoms with Crippen LogP contribution < -0.4 is 21.3 Å². The first-order chi connectivity index (χ1) is 28.9. The zero-order valence-corrected chi connectivity index (χ0v) is 33.2. The Morgan fingerprint density at radius 2 is 1.52 bits per heavy atom. The normalized spacial score (nSPS) is 18.0. The van der Waals surface area contributed by atoms with Crippen LogP contribution in [0.4, 0.5) is 5.69 Å². The van der Waals surface area contributed by atoms with Crippen molar-refractivity contribution in [1.82, 2.24) is 26.2 Å². The number of nitro benzene ring substituents is 1. The van der Waals surface area contributed by atoms with Gasteiger partial charge in [-0.25, -0.2) is 4.79 Å². The molecule has 3 aromatic carbocycles. The van der Waals surface area contributed by atoms with Gasteiger partial charge in [0.05, 0.1) is 30.2 Å². The SMILES string of the molecule is CCCC(NC(=O)[C@@H]1C[C@@H](OCc2ccccc2)CN1C(=O)C(NC(=O)c1ccccc1[N+](=O)[O-])C1CCCCC1)C(=O)C(=O)NCC(=O)NC(C(=O)O)c1ccccc1. The third-order valence-corrected chi connectivity index (χ3v) is 10.7. The third-order valence-electron chi connectivity index (χ3n) is 10.7. The number of hydrogen-bond donors (Lipinski definition) is 5. The van der Waals surface area contributed by atoms with Crippen LogP contribution in [0.1, 0.15) is 85.8 Å². The van der Waals surface area contributed by atoms with Gasteiger partial charge in [0, 0.05) is 19.0 Å². The summed E-state index contributed by atoms with van der Waals surface area (Å²) in [5.74, 6) is -6.92. The van der Waals surface area contributed by atoms with E-state index in [0.717, 1.165) is 24.8 Å². The highest BCUT2D eigenvalue weighted by Crippen LogP contribution is 2.31. The lowest BCUT2D eigenvalue weighted by Gasteiger charge is -2.34. The van der Waals surface area contributed by atoms with Gasteiger partial charge in [0.2, 0.25) is 23.5 Å². The van der Waals surface area contributed by atoms with Gasteiger partial charge in [-0.1, -0.05) is 105 Å². The number of Topliss-reactive ketones (excluding diaryl/α,β-unsaturated/α-hetero) is 1. The molecule has 318 valence electrons. The van der Waals surface area contributed by atoms with Crippen LogP contribution in [-0.2, 0) is 40.1 Å². The predicted molar refractivity (Wildman–Crippen MR) is 216 cm³/mol. The van der Waals surface area contributed by atoms with Crippen LogP contribution in [0.25, 0.3) is 0 Å². The highest BCUT2D eigenvalue weighted by molar-refractivity contribution is 6.38. The van der Waals surface area contributed by atoms with Crippen LogP contribution in [0, 0.1) is 16.0 Å². The van der Waals surface area contributed by atoms with Gasteiger partial charge >= 0.3 is 5.97 Å². The standard InChI is InChI=1S/C43H50N6O11/c1-2-14-32(38(51)41(54)44-24-35(50)46-37(43(56)57)29-19-10-5-11-20-29)45-40(53)34-23-30(60-26-27-15-6-3-7-16-27)25-48(34)42(55)36(28-17-8-4-9-18-28)47-39(52)31-21-12-13-22-33(31)49(58)59/h3,5-7,10-13,15-16,19-22,28,30,32,34,36-37H,2,4,8-9,14,17-18,23-26H2,1H3,(H,44,54)(H,45,53)(H,46,50)(H,47,52)(H,56,57)/t30-,32?,34+,36?,37?/m1/s1. The molecule has 0 radical (unpaired) electrons. The number of nitrogens with zero attached hydrogens (tertiary/aromatic N) is 2. The minimum Gasteiger partial charge on any atom is -0.479 e. The molecule has 1 aliphatic carbocycles. The van der Waals surface area contributed by atoms with Crippen LogP contribution in [-0.4, -0.2) is 93.5 Å². The van der Waals surface area contributed by atoms with Gasteiger partial charge in [-0.05, 0) is 42.4 Å². The zero-order chi connectivity index (χ0) is 43.2. The number of ketones is 1. The van der Waals surface area contributed by atoms with Gasteiger partial charge in [-0.3, -0.25) is 38.9 Å². The molecule has 0 spiro atoms. The minimum atomic E-state index is -1.40. The molecule has 5 rings (SSSR count). The lowest BCUT2D eigenvalue weighted by atomic mass is 9.83. The summed E-state index contributed by atoms with van der Waals surface area (Å²) in [5.41, 5.74) is 0.509. The monoisotopic (exact) mass is 826 g/mol. The summed E-state index contributed by atoms with van der Waals surface area (Å²) in [7, 11) is 0. The Hall–Kier alpha value is -6.49. The molecule has 2 fully saturated rings. The van der Waals surface area contributed by atoms with Crippen LogP contribution >= 0.6 is 0 Å². The number of hydrogen-bond acceptors (Lipinski definition) is 10. The van der Waals surface area contributed by atoms with Gasteiger partial charge < -0.3 is 36.0 Å². The molecule has 0 aromatic heterocycles. The van der Waals surface area contributed by atoms with E-state index >= 15 is 0 Å². The van der Waals surface area contributed by atoms with E-state index in [0.29, 0.717) is 24.8 Å². The molecule has 0 bridgehead atoms. The second-order valence-electron chi connectivity index (χ2n) is 14.9. The summed E-state index contributed by atoms with van der Waals surface area (Å²) >= 11 is 0. The van der Waals surface area contributed by atoms with E-state index in [4.69, 9.17) is 4.74 Å². The Labute approximate surface area is 346 Å². The summed E-state index contributed by atoms with van der Waals surface area (Å²) in [5, 5.41) is 31.4. The van der Waals surface area contributed by atoms with E-state index in [1.807, 2.05) is 30.3 Å². The summed E-state index contributed by atoms with van der Waals surface area (Å²) in [6.45, 7) is 1.14. The number of carbonyl (C=O) groups is 7. The number of para-hydroxylation sites is 1. The van der Waals surface area contributed by atoms with Crippen molar-refractivity contribution in [1.29, 1.82) is 0 Å². The fraction of sp³-hybridized carbons (Fsp3) is 0.419. The van der Waals surface area contributed by atoms with E-state index < -0.39 is 88.7 Å². The molecule has 1 saturated heterocycles. The van der Waals surface area contributed by atoms with Gasteiger partial charge in [0.15, 0.2) is 6.04 Å². The van der Waals surface area contributed by atoms with Crippen LogP contribution in [0.5, 0.6) is 0 Å². The van der Waals surface area contributed by atoms with Gasteiger partial charge in [0.25, 0.3) is 17.5 Å². The second kappa shape index (κ2) is 21.5. The van der Waals surface area contributed by atoms with E-state index in [2.05, 4.69) is 21.3 Å². The van der Waals surface area contributed by atoms with E-state index in [9.17, 15) is 48.8 Å². The molecular weight excluding hydrogens is 777 g/mol. The maximum Gasteiger partial charge on any atom is 0.330 e. The second-order valence-corrected chi connectivity index (χ2v) is 14.9. The summed E-state index contributed by atoms with van der Waals surface area (Å²) in [6.07, 6.45) is 3.47. The number of aliphatic carboxylic acids is 1. The number of ether oxygens (including phenoxy) is 1. The van der Waals surface area contributed by atoms with E-state index in [-0.39, 0.29) is 37.5 Å². The molecule has 5 N–H and O–H groups in total. The third kappa shape index (κ3) is 11.8. The number of carboxylic acids is 1. The Bertz CT molecular complexity index is 2030. The molecule has 60 heavy (non-hydrogen) atoms. The fourth-order valence-electron chi connectivity index (χ4n) is 7.65. The van der Waals surface area contributed by atoms with Crippen LogP contribution in [0.3, 0.4) is 0 Å². The molecule has 5 atom stereocenters. The average Bonchev–Trinajstić information content (AvgIpc) is 3.70. The predicted octanol–water partition coefficient (Wildman–Crippen LogP) is 3.37. The summed E-state index contributed by atoms with van der Waals surface area (Å²) in [6, 6.07) is 17.5. The van der Waals surface area contributed by atoms with Crippen molar-refractivity contribution < 1.29 is 48.3 Å². The molecule has 3 aromatic rings. The first-order valence-electron chi connectivity index (χ1n) is 20.1. The quantitative estimate of drug-likeness (QED) is 0.0667. The summed E-state index contributed by atoms with van der Waals surface area (Å²) in [4.78, 5) is 106. The van der Waals surface area contributed by atoms with Gasteiger partial charge in [-0.15, -0.1) is 0 Å². The van der Waals surface area contributed by atoms with Crippen molar-refractivity contribution >= 4 is 47.0 Å². The van der Waals surface area contributed by atoms with Gasteiger partial charge in [-0.2, -0.15) is 0 Å². The lowest BCUT2D eigenvalue weighted by molar-refractivity contribution is -0.385. The van der Waals surface area contributed by atoms with Crippen LogP contribution in [0.2, 0.25) is 0 Å². The number of nitrogens with one attached hydrogen (secondary N) is 4. The highest BCUT2D eigenvalue weighted by Gasteiger charge is 2.45. The van der Waals surface area contributed by atoms with Crippen LogP contribution in [0.15, 0.2) is 84.9 Å². The molecular formula is C43H50N6O11. The number of carboxylic acid groups (broad SMARTS) is 1. The minimum absolute atomic E-state index is 0.0193. The number of amides is 5. The fourth-order valence-corrected chi connectivity index (χ4v) is 7.65. The van der Waals surface area contributed by atoms with E-state index in [1.165, 1.54) is 41.3 Å². The number of nitro groups is 1. The molecule has 2 aliphatic rings. The van der Waals surface area contributed by atoms with Crippen molar-refractivity contribution in [3.8, 4) is 0 Å². The van der Waals surface area contributed by atoms with Crippen molar-refractivity contribution in [3.63, 3.8) is 0 Å². The van der Waals surface area contributed by atoms with Crippen molar-refractivity contribution in [2.24, 2.45) is 5.92 Å². The number of likely N-dealkylation sites (tertiary alicyclic amines) is 1. The highest BCUT2D eigenvalue weighted by atomic mass is 16.6. The van der Waals surface area contributed by atoms with E-state index in [1.54, 1.807) is 25.1 Å². The molecule has 1 aliphatic heterocycles. The molecule has 17 heteroatoms. The van der Waals surface area contributed by atoms with Crippen molar-refractivity contribution in [2.45, 2.75) is 95.2 Å². The van der Waals surface area contributed by atoms with Crippen molar-refractivity contribution in [2.75, 3.05) is 13.1 Å². The Morgan fingerprint density at radius 1 is 0.867 bits per heavy atom. The zero-order valence-electron chi connectivity index (χ0n) is 33.2. The molecule has 17 nitrogen and oxygen atoms in total. The Morgan fingerprint density at radius 3 is 2.17 bits per heavy atom. The molecule has 3 unspecified atom stereocenters. The summed E-state index contributed by atoms with van der Waals surface area (Å²) < 4.78 is 6.19. The first-order valence-corrected chi connectivity index (χ1v) is 20.1. The topological polar surface area (TPSA) is 243 Å². The molecule has 1 heterocycles.